The molecule has 1 aliphatic heterocycles. The summed E-state index contributed by atoms with van der Waals surface area (Å²) in [5.74, 6) is -0.558. The third kappa shape index (κ3) is 1.94. The van der Waals surface area contributed by atoms with Crippen molar-refractivity contribution in [1.82, 2.24) is 4.90 Å². The normalized spacial score (nSPS) is 15.3. The van der Waals surface area contributed by atoms with Crippen LogP contribution >= 0.6 is 0 Å². The van der Waals surface area contributed by atoms with Crippen molar-refractivity contribution in [3.8, 4) is 5.75 Å². The van der Waals surface area contributed by atoms with Crippen LogP contribution in [0.15, 0.2) is 12.1 Å². The molecule has 0 aromatic heterocycles. The number of benzene rings is 1. The van der Waals surface area contributed by atoms with Gasteiger partial charge in [-0.2, -0.15) is 0 Å². The molecule has 0 saturated heterocycles. The molecular weight excluding hydrogens is 194 g/mol. The summed E-state index contributed by atoms with van der Waals surface area (Å²) < 4.78 is 0. The Morgan fingerprint density at radius 3 is 2.87 bits per heavy atom. The van der Waals surface area contributed by atoms with Crippen LogP contribution < -0.4 is 0 Å². The van der Waals surface area contributed by atoms with E-state index >= 15 is 0 Å². The largest absolute Gasteiger partial charge is 0.508 e. The number of nitrogens with zero attached hydrogens (tertiary/aromatic N) is 1. The molecule has 0 bridgehead atoms. The van der Waals surface area contributed by atoms with Crippen LogP contribution in [-0.2, 0) is 17.9 Å². The van der Waals surface area contributed by atoms with Gasteiger partial charge in [-0.25, -0.2) is 0 Å². The molecule has 0 unspecified atom stereocenters. The van der Waals surface area contributed by atoms with Crippen LogP contribution in [-0.4, -0.2) is 27.6 Å². The minimum atomic E-state index is -0.834. The number of aryl methyl sites for hydroxylation is 1. The fourth-order valence-electron chi connectivity index (χ4n) is 2.02. The smallest absolute Gasteiger partial charge is 0.317 e. The molecule has 0 saturated carbocycles. The van der Waals surface area contributed by atoms with Gasteiger partial charge in [-0.15, -0.1) is 0 Å². The lowest BCUT2D eigenvalue weighted by molar-refractivity contribution is -0.138. The number of fused-ring (bicyclic) bond motifs is 1. The second-order valence-electron chi connectivity index (χ2n) is 3.96. The van der Waals surface area contributed by atoms with Gasteiger partial charge in [-0.05, 0) is 24.1 Å². The second-order valence-corrected chi connectivity index (χ2v) is 3.96. The Kier molecular flexibility index (Phi) is 2.36. The molecule has 0 aliphatic carbocycles. The highest BCUT2D eigenvalue weighted by Gasteiger charge is 2.23. The highest BCUT2D eigenvalue weighted by molar-refractivity contribution is 5.69. The zero-order chi connectivity index (χ0) is 11.0. The maximum Gasteiger partial charge on any atom is 0.317 e. The lowest BCUT2D eigenvalue weighted by Gasteiger charge is -2.10. The first-order valence-corrected chi connectivity index (χ1v) is 4.82. The Balaban J connectivity index is 2.23. The Labute approximate surface area is 87.8 Å². The van der Waals surface area contributed by atoms with E-state index in [1.165, 1.54) is 0 Å². The van der Waals surface area contributed by atoms with Gasteiger partial charge < -0.3 is 10.2 Å². The maximum atomic E-state index is 10.6. The van der Waals surface area contributed by atoms with Crippen LogP contribution in [0.5, 0.6) is 5.75 Å². The van der Waals surface area contributed by atoms with Crippen molar-refractivity contribution < 1.29 is 15.0 Å². The first-order chi connectivity index (χ1) is 7.06. The molecule has 4 nitrogen and oxygen atoms in total. The molecule has 0 fully saturated rings. The zero-order valence-corrected chi connectivity index (χ0v) is 8.53. The molecule has 80 valence electrons. The van der Waals surface area contributed by atoms with Crippen molar-refractivity contribution in [3.05, 3.63) is 28.8 Å². The van der Waals surface area contributed by atoms with Crippen LogP contribution in [0, 0.1) is 6.92 Å². The van der Waals surface area contributed by atoms with E-state index in [0.29, 0.717) is 13.1 Å². The Morgan fingerprint density at radius 2 is 2.20 bits per heavy atom. The predicted octanol–water partition coefficient (Wildman–Crippen LogP) is 1.10. The Morgan fingerprint density at radius 1 is 1.47 bits per heavy atom. The molecular formula is C11H13NO3. The van der Waals surface area contributed by atoms with Gasteiger partial charge in [0.25, 0.3) is 0 Å². The molecule has 1 aromatic rings. The highest BCUT2D eigenvalue weighted by atomic mass is 16.4. The fraction of sp³-hybridized carbons (Fsp3) is 0.364. The van der Waals surface area contributed by atoms with E-state index in [0.717, 1.165) is 16.7 Å². The van der Waals surface area contributed by atoms with Gasteiger partial charge in [-0.3, -0.25) is 9.69 Å². The van der Waals surface area contributed by atoms with Crippen LogP contribution in [0.3, 0.4) is 0 Å². The fourth-order valence-corrected chi connectivity index (χ4v) is 2.02. The van der Waals surface area contributed by atoms with Crippen LogP contribution in [0.2, 0.25) is 0 Å². The Hall–Kier alpha value is -1.55. The van der Waals surface area contributed by atoms with Crippen LogP contribution in [0.25, 0.3) is 0 Å². The van der Waals surface area contributed by atoms with Crippen molar-refractivity contribution in [3.63, 3.8) is 0 Å². The number of carboxylic acid groups (broad SMARTS) is 1. The number of hydrogen-bond donors (Lipinski definition) is 2. The summed E-state index contributed by atoms with van der Waals surface area (Å²) in [6, 6.07) is 3.71. The number of carboxylic acids is 1. The van der Waals surface area contributed by atoms with Gasteiger partial charge in [-0.1, -0.05) is 6.07 Å². The third-order valence-electron chi connectivity index (χ3n) is 2.60. The first kappa shape index (κ1) is 9.98. The van der Waals surface area contributed by atoms with E-state index in [1.807, 2.05) is 13.0 Å². The first-order valence-electron chi connectivity index (χ1n) is 4.82. The van der Waals surface area contributed by atoms with Gasteiger partial charge >= 0.3 is 5.97 Å². The molecule has 15 heavy (non-hydrogen) atoms. The summed E-state index contributed by atoms with van der Waals surface area (Å²) in [5.41, 5.74) is 2.90. The molecule has 0 spiro atoms. The summed E-state index contributed by atoms with van der Waals surface area (Å²) in [7, 11) is 0. The van der Waals surface area contributed by atoms with Crippen LogP contribution in [0.1, 0.15) is 16.7 Å². The van der Waals surface area contributed by atoms with E-state index in [2.05, 4.69) is 0 Å². The molecule has 2 rings (SSSR count). The average Bonchev–Trinajstić information content (AvgIpc) is 2.45. The molecule has 4 heteroatoms. The topological polar surface area (TPSA) is 60.8 Å². The maximum absolute atomic E-state index is 10.6. The van der Waals surface area contributed by atoms with Crippen molar-refractivity contribution in [2.45, 2.75) is 20.0 Å². The lowest BCUT2D eigenvalue weighted by atomic mass is 10.1. The van der Waals surface area contributed by atoms with Gasteiger partial charge in [0.05, 0.1) is 6.54 Å². The van der Waals surface area contributed by atoms with Gasteiger partial charge in [0.2, 0.25) is 0 Å². The molecule has 0 radical (unpaired) electrons. The number of aromatic hydroxyl groups is 1. The minimum Gasteiger partial charge on any atom is -0.508 e. The molecule has 1 heterocycles. The monoisotopic (exact) mass is 207 g/mol. The van der Waals surface area contributed by atoms with E-state index in [4.69, 9.17) is 5.11 Å². The second kappa shape index (κ2) is 3.55. The summed E-state index contributed by atoms with van der Waals surface area (Å²) in [4.78, 5) is 12.4. The summed E-state index contributed by atoms with van der Waals surface area (Å²) in [6.07, 6.45) is 0. The summed E-state index contributed by atoms with van der Waals surface area (Å²) >= 11 is 0. The summed E-state index contributed by atoms with van der Waals surface area (Å²) in [5, 5.41) is 18.4. The van der Waals surface area contributed by atoms with Crippen molar-refractivity contribution in [2.24, 2.45) is 0 Å². The van der Waals surface area contributed by atoms with Crippen LogP contribution in [0.4, 0.5) is 0 Å². The number of rotatable bonds is 2. The lowest BCUT2D eigenvalue weighted by Crippen LogP contribution is -2.24. The zero-order valence-electron chi connectivity index (χ0n) is 8.53. The number of phenols is 1. The molecule has 0 amide bonds. The minimum absolute atomic E-state index is 0.0210. The highest BCUT2D eigenvalue weighted by Crippen LogP contribution is 2.31. The number of phenolic OH excluding ortho intramolecular Hbond substituents is 1. The van der Waals surface area contributed by atoms with E-state index in [1.54, 1.807) is 11.0 Å². The SMILES string of the molecule is Cc1cc(O)c2c(c1)CN(CC(=O)O)C2. The Bertz CT molecular complexity index is 415. The van der Waals surface area contributed by atoms with Gasteiger partial charge in [0.15, 0.2) is 0 Å². The molecule has 1 aromatic carbocycles. The van der Waals surface area contributed by atoms with Crippen molar-refractivity contribution in [2.75, 3.05) is 6.54 Å². The van der Waals surface area contributed by atoms with Gasteiger partial charge in [0, 0.05) is 18.7 Å². The average molecular weight is 207 g/mol. The van der Waals surface area contributed by atoms with Crippen molar-refractivity contribution in [1.29, 1.82) is 0 Å². The van der Waals surface area contributed by atoms with Gasteiger partial charge in [0.1, 0.15) is 5.75 Å². The standard InChI is InChI=1S/C11H13NO3/c1-7-2-8-4-12(6-11(14)15)5-9(8)10(13)3-7/h2-3,13H,4-6H2,1H3,(H,14,15). The third-order valence-corrected chi connectivity index (χ3v) is 2.60. The number of hydrogen-bond acceptors (Lipinski definition) is 3. The number of aliphatic carboxylic acids is 1. The summed E-state index contributed by atoms with van der Waals surface area (Å²) in [6.45, 7) is 3.07. The molecule has 1 aliphatic rings. The number of carbonyl (C=O) groups is 1. The quantitative estimate of drug-likeness (QED) is 0.762. The molecule has 2 N–H and O–H groups in total. The van der Waals surface area contributed by atoms with E-state index < -0.39 is 5.97 Å². The van der Waals surface area contributed by atoms with E-state index in [-0.39, 0.29) is 12.3 Å². The predicted molar refractivity (Wildman–Crippen MR) is 54.6 cm³/mol. The molecule has 0 atom stereocenters. The van der Waals surface area contributed by atoms with Crippen molar-refractivity contribution >= 4 is 5.97 Å². The van der Waals surface area contributed by atoms with E-state index in [9.17, 15) is 9.90 Å².